The molecule has 5 rings (SSSR count). The molecule has 2 heterocycles. The van der Waals surface area contributed by atoms with Crippen LogP contribution >= 0.6 is 23.2 Å². The molecule has 0 N–H and O–H groups in total. The highest BCUT2D eigenvalue weighted by molar-refractivity contribution is 6.31. The number of fused-ring (bicyclic) bond motifs is 1. The van der Waals surface area contributed by atoms with Crippen molar-refractivity contribution in [2.24, 2.45) is 0 Å². The molecule has 34 heavy (non-hydrogen) atoms. The van der Waals surface area contributed by atoms with Crippen LogP contribution in [0.3, 0.4) is 0 Å². The molecule has 2 amide bonds. The molecule has 2 unspecified atom stereocenters. The van der Waals surface area contributed by atoms with E-state index in [1.54, 1.807) is 54.6 Å². The number of hydrogen-bond donors (Lipinski definition) is 0. The number of ether oxygens (including phenoxy) is 2. The van der Waals surface area contributed by atoms with Gasteiger partial charge in [0.15, 0.2) is 6.23 Å². The van der Waals surface area contributed by atoms with Gasteiger partial charge in [0.1, 0.15) is 5.75 Å². The van der Waals surface area contributed by atoms with Crippen molar-refractivity contribution in [3.05, 3.63) is 88.4 Å². The van der Waals surface area contributed by atoms with Crippen LogP contribution in [0, 0.1) is 0 Å². The van der Waals surface area contributed by atoms with Crippen molar-refractivity contribution in [2.45, 2.75) is 32.2 Å². The summed E-state index contributed by atoms with van der Waals surface area (Å²) in [6.07, 6.45) is -5.62. The maximum Gasteiger partial charge on any atom is 0.573 e. The van der Waals surface area contributed by atoms with E-state index in [-0.39, 0.29) is 0 Å². The van der Waals surface area contributed by atoms with Crippen molar-refractivity contribution in [3.8, 4) is 5.75 Å². The number of rotatable bonds is 4. The van der Waals surface area contributed by atoms with Gasteiger partial charge in [-0.05, 0) is 60.7 Å². The number of hydrogen-bond acceptors (Lipinski definition) is 3. The Labute approximate surface area is 204 Å². The first kappa shape index (κ1) is 24.2. The van der Waals surface area contributed by atoms with Gasteiger partial charge in [0.2, 0.25) is 5.72 Å². The van der Waals surface area contributed by atoms with Gasteiger partial charge in [-0.1, -0.05) is 49.2 Å². The summed E-state index contributed by atoms with van der Waals surface area (Å²) in [5.41, 5.74) is 0.00477. The van der Waals surface area contributed by atoms with E-state index in [1.807, 2.05) is 13.8 Å². The minimum absolute atomic E-state index is 0.337. The molecule has 2 fully saturated rings. The molecule has 3 aromatic carbocycles. The molecule has 3 aromatic rings. The lowest BCUT2D eigenvalue weighted by molar-refractivity contribution is -0.274. The third kappa shape index (κ3) is 4.29. The van der Waals surface area contributed by atoms with Crippen LogP contribution < -0.4 is 14.5 Å². The number of carbonyl (C=O) groups excluding carboxylic acids is 1. The van der Waals surface area contributed by atoms with Crippen LogP contribution in [-0.2, 0) is 10.5 Å². The molecule has 5 nitrogen and oxygen atoms in total. The van der Waals surface area contributed by atoms with Gasteiger partial charge in [-0.25, -0.2) is 4.79 Å². The molecule has 178 valence electrons. The van der Waals surface area contributed by atoms with Gasteiger partial charge in [-0.3, -0.25) is 9.80 Å². The quantitative estimate of drug-likeness (QED) is 0.340. The first-order valence-electron chi connectivity index (χ1n) is 10.4. The molecule has 0 aliphatic carbocycles. The van der Waals surface area contributed by atoms with Crippen LogP contribution in [0.5, 0.6) is 5.75 Å². The second-order valence-corrected chi connectivity index (χ2v) is 8.06. The van der Waals surface area contributed by atoms with Crippen LogP contribution in [0.4, 0.5) is 29.3 Å². The summed E-state index contributed by atoms with van der Waals surface area (Å²) < 4.78 is 48.4. The molecule has 2 aliphatic heterocycles. The van der Waals surface area contributed by atoms with Crippen molar-refractivity contribution in [2.75, 3.05) is 9.80 Å². The normalized spacial score (nSPS) is 21.0. The zero-order chi connectivity index (χ0) is 24.7. The molecule has 2 saturated heterocycles. The van der Waals surface area contributed by atoms with Crippen molar-refractivity contribution in [3.63, 3.8) is 0 Å². The Hall–Kier alpha value is -2.94. The van der Waals surface area contributed by atoms with Gasteiger partial charge < -0.3 is 9.47 Å². The van der Waals surface area contributed by atoms with E-state index in [2.05, 4.69) is 4.74 Å². The predicted molar refractivity (Wildman–Crippen MR) is 124 cm³/mol. The predicted octanol–water partition coefficient (Wildman–Crippen LogP) is 7.57. The fraction of sp³-hybridized carbons (Fsp3) is 0.208. The van der Waals surface area contributed by atoms with Gasteiger partial charge in [-0.15, -0.1) is 13.2 Å². The zero-order valence-electron chi connectivity index (χ0n) is 18.0. The van der Waals surface area contributed by atoms with E-state index in [0.717, 1.165) is 0 Å². The maximum atomic E-state index is 13.5. The monoisotopic (exact) mass is 510 g/mol. The van der Waals surface area contributed by atoms with Crippen molar-refractivity contribution in [1.29, 1.82) is 0 Å². The molecule has 0 saturated carbocycles. The van der Waals surface area contributed by atoms with E-state index < -0.39 is 30.1 Å². The number of amides is 2. The Morgan fingerprint density at radius 3 is 2.03 bits per heavy atom. The smallest absolute Gasteiger partial charge is 0.406 e. The van der Waals surface area contributed by atoms with E-state index in [0.29, 0.717) is 27.0 Å². The lowest BCUT2D eigenvalue weighted by atomic mass is 10.0. The van der Waals surface area contributed by atoms with E-state index in [1.165, 1.54) is 28.0 Å². The minimum atomic E-state index is -4.85. The second kappa shape index (κ2) is 9.02. The van der Waals surface area contributed by atoms with Crippen LogP contribution in [0.15, 0.2) is 72.8 Å². The fourth-order valence-electron chi connectivity index (χ4n) is 3.87. The first-order chi connectivity index (χ1) is 16.2. The first-order valence-corrected chi connectivity index (χ1v) is 11.1. The molecule has 10 heteroatoms. The Morgan fingerprint density at radius 2 is 1.47 bits per heavy atom. The number of halogens is 5. The Bertz CT molecular complexity index is 1190. The topological polar surface area (TPSA) is 45.3 Å². The third-order valence-electron chi connectivity index (χ3n) is 5.20. The molecule has 2 aliphatic rings. The zero-order valence-corrected chi connectivity index (χ0v) is 19.5. The number of alkyl halides is 3. The average Bonchev–Trinajstić information content (AvgIpc) is 3.47. The molecule has 0 spiro atoms. The largest absolute Gasteiger partial charge is 0.573 e. The van der Waals surface area contributed by atoms with Crippen LogP contribution in [0.1, 0.15) is 19.4 Å². The summed E-state index contributed by atoms with van der Waals surface area (Å²) in [6.45, 7) is 4.00. The maximum absolute atomic E-state index is 13.5. The molecular formula is C24H19Cl2F3N2O3. The lowest BCUT2D eigenvalue weighted by Crippen LogP contribution is -2.40. The molecule has 0 bridgehead atoms. The van der Waals surface area contributed by atoms with Gasteiger partial charge in [0, 0.05) is 27.0 Å². The number of carbonyl (C=O) groups is 1. The number of benzene rings is 3. The average molecular weight is 511 g/mol. The summed E-state index contributed by atoms with van der Waals surface area (Å²) in [5, 5.41) is 0.966. The van der Waals surface area contributed by atoms with E-state index in [9.17, 15) is 18.0 Å². The van der Waals surface area contributed by atoms with Crippen LogP contribution in [-0.4, -0.2) is 18.6 Å². The highest BCUT2D eigenvalue weighted by Gasteiger charge is 2.74. The molecule has 0 radical (unpaired) electrons. The highest BCUT2D eigenvalue weighted by atomic mass is 35.5. The molecule has 0 aromatic heterocycles. The molecular weight excluding hydrogens is 492 g/mol. The number of anilines is 2. The van der Waals surface area contributed by atoms with Gasteiger partial charge >= 0.3 is 12.4 Å². The van der Waals surface area contributed by atoms with Crippen LogP contribution in [0.25, 0.3) is 0 Å². The fourth-order valence-corrected chi connectivity index (χ4v) is 4.12. The number of urea groups is 1. The van der Waals surface area contributed by atoms with Crippen molar-refractivity contribution < 1.29 is 27.4 Å². The van der Waals surface area contributed by atoms with Crippen LogP contribution in [0.2, 0.25) is 10.0 Å². The third-order valence-corrected chi connectivity index (χ3v) is 5.71. The summed E-state index contributed by atoms with van der Waals surface area (Å²) in [5.74, 6) is -0.410. The highest BCUT2D eigenvalue weighted by Crippen LogP contribution is 2.58. The number of epoxide rings is 1. The second-order valence-electron chi connectivity index (χ2n) is 7.18. The minimum Gasteiger partial charge on any atom is -0.406 e. The van der Waals surface area contributed by atoms with Crippen molar-refractivity contribution in [1.82, 2.24) is 0 Å². The Kier molecular flexibility index (Phi) is 6.42. The summed E-state index contributed by atoms with van der Waals surface area (Å²) in [4.78, 5) is 16.3. The molecule has 2 atom stereocenters. The summed E-state index contributed by atoms with van der Waals surface area (Å²) in [6, 6.07) is 18.1. The van der Waals surface area contributed by atoms with Gasteiger partial charge in [-0.2, -0.15) is 0 Å². The van der Waals surface area contributed by atoms with Gasteiger partial charge in [0.25, 0.3) is 0 Å². The summed E-state index contributed by atoms with van der Waals surface area (Å²) in [7, 11) is 0. The van der Waals surface area contributed by atoms with Gasteiger partial charge in [0.05, 0.1) is 0 Å². The standard InChI is InChI=1S/C22H13Cl2F3N2O3.C2H6/c23-14-4-8-16(9-5-14)28-19-21(32-19,13-2-1-3-18(12-13)31-22(25,26)27)29(20(28)30)17-10-6-15(24)7-11-17;1-2/h1-12,19H;1-2H3. The van der Waals surface area contributed by atoms with Crippen molar-refractivity contribution >= 4 is 40.6 Å². The summed E-state index contributed by atoms with van der Waals surface area (Å²) >= 11 is 12.0. The Morgan fingerprint density at radius 1 is 0.912 bits per heavy atom. The SMILES string of the molecule is CC.O=C1N(c2ccc(Cl)cc2)C2OC2(c2cccc(OC(F)(F)F)c2)N1c1ccc(Cl)cc1. The van der Waals surface area contributed by atoms with E-state index >= 15 is 0 Å². The Balaban J connectivity index is 0.00000133. The lowest BCUT2D eigenvalue weighted by Gasteiger charge is -2.27. The number of nitrogens with zero attached hydrogens (tertiary/aromatic N) is 2. The van der Waals surface area contributed by atoms with E-state index in [4.69, 9.17) is 27.9 Å².